The second-order valence-electron chi connectivity index (χ2n) is 4.60. The van der Waals surface area contributed by atoms with E-state index in [1.54, 1.807) is 4.68 Å². The smallest absolute Gasteiger partial charge is 0.289 e. The molecule has 0 aromatic carbocycles. The van der Waals surface area contributed by atoms with Gasteiger partial charge in [0.1, 0.15) is 16.7 Å². The van der Waals surface area contributed by atoms with E-state index in [0.29, 0.717) is 5.16 Å². The van der Waals surface area contributed by atoms with Crippen molar-refractivity contribution in [3.63, 3.8) is 0 Å². The molecule has 0 amide bonds. The molecule has 10 heteroatoms. The van der Waals surface area contributed by atoms with Crippen LogP contribution in [0.5, 0.6) is 0 Å². The molecule has 2 rings (SSSR count). The molecular weight excluding hydrogens is 294 g/mol. The van der Waals surface area contributed by atoms with Crippen LogP contribution < -0.4 is 11.2 Å². The molecule has 2 aromatic rings. The van der Waals surface area contributed by atoms with Crippen molar-refractivity contribution < 1.29 is 0 Å². The van der Waals surface area contributed by atoms with Crippen LogP contribution in [0.4, 0.5) is 0 Å². The molecule has 0 saturated carbocycles. The molecule has 9 nitrogen and oxygen atoms in total. The van der Waals surface area contributed by atoms with Crippen molar-refractivity contribution in [1.82, 2.24) is 29.3 Å². The first-order valence-corrected chi connectivity index (χ1v) is 6.86. The van der Waals surface area contributed by atoms with Gasteiger partial charge in [-0.1, -0.05) is 0 Å². The molecule has 0 unspecified atom stereocenters. The van der Waals surface area contributed by atoms with Crippen LogP contribution >= 0.6 is 11.8 Å². The summed E-state index contributed by atoms with van der Waals surface area (Å²) < 4.78 is 3.69. The van der Waals surface area contributed by atoms with Crippen LogP contribution in [0.2, 0.25) is 0 Å². The SMILES string of the molecule is CC(C)n1nnnc1Sc1c(C#N)c(=O)n(C)c(=O)n1C. The molecule has 2 heterocycles. The zero-order chi connectivity index (χ0) is 15.7. The van der Waals surface area contributed by atoms with Crippen LogP contribution in [0.15, 0.2) is 19.8 Å². The minimum atomic E-state index is -0.633. The first-order chi connectivity index (χ1) is 9.88. The summed E-state index contributed by atoms with van der Waals surface area (Å²) in [7, 11) is 2.83. The van der Waals surface area contributed by atoms with Gasteiger partial charge in [-0.2, -0.15) is 5.26 Å². The van der Waals surface area contributed by atoms with Gasteiger partial charge in [0.2, 0.25) is 5.16 Å². The molecule has 21 heavy (non-hydrogen) atoms. The average Bonchev–Trinajstić information content (AvgIpc) is 2.91. The third kappa shape index (κ3) is 2.47. The summed E-state index contributed by atoms with van der Waals surface area (Å²) in [5.74, 6) is 0. The highest BCUT2D eigenvalue weighted by Gasteiger charge is 2.20. The average molecular weight is 307 g/mol. The second kappa shape index (κ2) is 5.53. The Bertz CT molecular complexity index is 840. The number of tetrazole rings is 1. The first kappa shape index (κ1) is 15.0. The predicted octanol–water partition coefficient (Wildman–Crippen LogP) is -0.326. The summed E-state index contributed by atoms with van der Waals surface area (Å²) in [6.45, 7) is 3.79. The lowest BCUT2D eigenvalue weighted by molar-refractivity contribution is 0.476. The Labute approximate surface area is 123 Å². The van der Waals surface area contributed by atoms with E-state index in [4.69, 9.17) is 0 Å². The molecule has 0 aliphatic carbocycles. The number of hydrogen-bond donors (Lipinski definition) is 0. The summed E-state index contributed by atoms with van der Waals surface area (Å²) in [5.41, 5.74) is -1.25. The summed E-state index contributed by atoms with van der Waals surface area (Å²) >= 11 is 1.02. The lowest BCUT2D eigenvalue weighted by Crippen LogP contribution is -2.39. The van der Waals surface area contributed by atoms with E-state index < -0.39 is 11.2 Å². The van der Waals surface area contributed by atoms with E-state index in [2.05, 4.69) is 15.5 Å². The lowest BCUT2D eigenvalue weighted by Gasteiger charge is -2.11. The number of nitrogens with zero attached hydrogens (tertiary/aromatic N) is 7. The standard InChI is InChI=1S/C11H13N7O2S/c1-6(2)18-10(13-14-15-18)21-9-7(5-12)8(19)16(3)11(20)17(9)4/h6H,1-4H3. The highest BCUT2D eigenvalue weighted by Crippen LogP contribution is 2.26. The van der Waals surface area contributed by atoms with Crippen LogP contribution in [-0.4, -0.2) is 29.3 Å². The van der Waals surface area contributed by atoms with Crippen LogP contribution in [0.3, 0.4) is 0 Å². The Morgan fingerprint density at radius 2 is 1.90 bits per heavy atom. The van der Waals surface area contributed by atoms with Crippen LogP contribution in [0, 0.1) is 11.3 Å². The van der Waals surface area contributed by atoms with E-state index >= 15 is 0 Å². The largest absolute Gasteiger partial charge is 0.331 e. The van der Waals surface area contributed by atoms with Gasteiger partial charge < -0.3 is 0 Å². The molecule has 0 spiro atoms. The van der Waals surface area contributed by atoms with Crippen molar-refractivity contribution >= 4 is 11.8 Å². The van der Waals surface area contributed by atoms with E-state index in [1.807, 2.05) is 19.9 Å². The van der Waals surface area contributed by atoms with Crippen molar-refractivity contribution in [1.29, 1.82) is 5.26 Å². The Kier molecular flexibility index (Phi) is 3.95. The third-order valence-electron chi connectivity index (χ3n) is 2.86. The van der Waals surface area contributed by atoms with Crippen LogP contribution in [0.1, 0.15) is 25.5 Å². The summed E-state index contributed by atoms with van der Waals surface area (Å²) in [6, 6.07) is 1.85. The van der Waals surface area contributed by atoms with Gasteiger partial charge in [-0.15, -0.1) is 5.10 Å². The minimum Gasteiger partial charge on any atom is -0.289 e. The minimum absolute atomic E-state index is 0.0107. The monoisotopic (exact) mass is 307 g/mol. The Morgan fingerprint density at radius 1 is 1.24 bits per heavy atom. The zero-order valence-corrected chi connectivity index (χ0v) is 12.7. The fraction of sp³-hybridized carbons (Fsp3) is 0.455. The maximum absolute atomic E-state index is 12.0. The number of aromatic nitrogens is 6. The van der Waals surface area contributed by atoms with Crippen molar-refractivity contribution in [2.24, 2.45) is 14.1 Å². The highest BCUT2D eigenvalue weighted by atomic mass is 32.2. The van der Waals surface area contributed by atoms with Crippen LogP contribution in [-0.2, 0) is 14.1 Å². The fourth-order valence-corrected chi connectivity index (χ4v) is 2.75. The fourth-order valence-electron chi connectivity index (χ4n) is 1.70. The van der Waals surface area contributed by atoms with Crippen LogP contribution in [0.25, 0.3) is 0 Å². The summed E-state index contributed by atoms with van der Waals surface area (Å²) in [6.07, 6.45) is 0. The first-order valence-electron chi connectivity index (χ1n) is 6.04. The highest BCUT2D eigenvalue weighted by molar-refractivity contribution is 7.99. The Hall–Kier alpha value is -2.41. The van der Waals surface area contributed by atoms with Gasteiger partial charge in [0.05, 0.1) is 6.04 Å². The van der Waals surface area contributed by atoms with Gasteiger partial charge in [0.15, 0.2) is 0 Å². The molecule has 0 radical (unpaired) electrons. The summed E-state index contributed by atoms with van der Waals surface area (Å²) in [4.78, 5) is 24.0. The molecule has 0 saturated heterocycles. The molecule has 0 aliphatic rings. The third-order valence-corrected chi connectivity index (χ3v) is 3.98. The maximum atomic E-state index is 12.0. The summed E-state index contributed by atoms with van der Waals surface area (Å²) in [5, 5.41) is 21.1. The van der Waals surface area contributed by atoms with Crippen molar-refractivity contribution in [2.45, 2.75) is 30.1 Å². The zero-order valence-electron chi connectivity index (χ0n) is 11.9. The van der Waals surface area contributed by atoms with Gasteiger partial charge in [0, 0.05) is 14.1 Å². The van der Waals surface area contributed by atoms with Gasteiger partial charge in [-0.05, 0) is 36.0 Å². The van der Waals surface area contributed by atoms with Crippen molar-refractivity contribution in [3.05, 3.63) is 26.4 Å². The van der Waals surface area contributed by atoms with Crippen molar-refractivity contribution in [3.8, 4) is 6.07 Å². The number of hydrogen-bond acceptors (Lipinski definition) is 7. The molecule has 0 N–H and O–H groups in total. The van der Waals surface area contributed by atoms with E-state index in [0.717, 1.165) is 16.3 Å². The normalized spacial score (nSPS) is 10.9. The molecular formula is C11H13N7O2S. The maximum Gasteiger partial charge on any atom is 0.331 e. The van der Waals surface area contributed by atoms with E-state index in [1.165, 1.54) is 18.7 Å². The molecule has 0 bridgehead atoms. The molecule has 2 aromatic heterocycles. The van der Waals surface area contributed by atoms with E-state index in [9.17, 15) is 14.9 Å². The van der Waals surface area contributed by atoms with Gasteiger partial charge >= 0.3 is 5.69 Å². The number of nitriles is 1. The molecule has 0 atom stereocenters. The van der Waals surface area contributed by atoms with E-state index in [-0.39, 0.29) is 16.6 Å². The molecule has 0 fully saturated rings. The molecule has 0 aliphatic heterocycles. The van der Waals surface area contributed by atoms with Gasteiger partial charge in [-0.25, -0.2) is 9.48 Å². The van der Waals surface area contributed by atoms with Gasteiger partial charge in [-0.3, -0.25) is 13.9 Å². The topological polar surface area (TPSA) is 111 Å². The lowest BCUT2D eigenvalue weighted by atomic mass is 10.3. The quantitative estimate of drug-likeness (QED) is 0.714. The molecule has 110 valence electrons. The Balaban J connectivity index is 2.66. The van der Waals surface area contributed by atoms with Crippen molar-refractivity contribution in [2.75, 3.05) is 0 Å². The predicted molar refractivity (Wildman–Crippen MR) is 74.0 cm³/mol. The second-order valence-corrected chi connectivity index (χ2v) is 5.56. The number of rotatable bonds is 3. The van der Waals surface area contributed by atoms with Gasteiger partial charge in [0.25, 0.3) is 5.56 Å². The Morgan fingerprint density at radius 3 is 2.48 bits per heavy atom.